The number of hydrogen-bond acceptors (Lipinski definition) is 3. The number of anilines is 1. The van der Waals surface area contributed by atoms with Gasteiger partial charge < -0.3 is 15.8 Å². The predicted molar refractivity (Wildman–Crippen MR) is 82.7 cm³/mol. The van der Waals surface area contributed by atoms with E-state index in [0.717, 1.165) is 22.4 Å². The number of hydrogen-bond donors (Lipinski definition) is 2. The van der Waals surface area contributed by atoms with Crippen LogP contribution in [0.4, 0.5) is 5.69 Å². The number of rotatable bonds is 5. The monoisotopic (exact) mass is 285 g/mol. The van der Waals surface area contributed by atoms with Gasteiger partial charge in [0, 0.05) is 16.8 Å². The summed E-state index contributed by atoms with van der Waals surface area (Å²) in [5.74, 6) is -0.248. The van der Waals surface area contributed by atoms with Gasteiger partial charge >= 0.3 is 5.97 Å². The lowest BCUT2D eigenvalue weighted by atomic mass is 9.96. The van der Waals surface area contributed by atoms with Gasteiger partial charge in [0.2, 0.25) is 0 Å². The molecule has 0 aliphatic heterocycles. The molecule has 110 valence electrons. The number of carbonyl (C=O) groups is 1. The van der Waals surface area contributed by atoms with Crippen molar-refractivity contribution in [1.82, 2.24) is 0 Å². The van der Waals surface area contributed by atoms with Crippen molar-refractivity contribution in [3.05, 3.63) is 65.2 Å². The van der Waals surface area contributed by atoms with Crippen molar-refractivity contribution in [3.8, 4) is 0 Å². The second-order valence-corrected chi connectivity index (χ2v) is 5.04. The molecule has 2 aromatic carbocycles. The van der Waals surface area contributed by atoms with Crippen LogP contribution in [0, 0.1) is 6.92 Å². The summed E-state index contributed by atoms with van der Waals surface area (Å²) in [5, 5.41) is 1.95. The van der Waals surface area contributed by atoms with Gasteiger partial charge in [-0.05, 0) is 19.1 Å². The molecular formula is C17H21N2O2+. The number of nitrogen functional groups attached to an aromatic ring is 1. The Hall–Kier alpha value is -2.33. The van der Waals surface area contributed by atoms with E-state index >= 15 is 0 Å². The van der Waals surface area contributed by atoms with E-state index < -0.39 is 0 Å². The maximum Gasteiger partial charge on any atom is 0.361 e. The van der Waals surface area contributed by atoms with Crippen molar-refractivity contribution in [2.75, 3.05) is 19.4 Å². The fourth-order valence-corrected chi connectivity index (χ4v) is 2.36. The van der Waals surface area contributed by atoms with E-state index in [4.69, 9.17) is 10.5 Å². The fourth-order valence-electron chi connectivity index (χ4n) is 2.36. The highest BCUT2D eigenvalue weighted by atomic mass is 16.5. The standard InChI is InChI=1S/C17H20N2O2/c1-12-8-9-15(18)14(10-12)17(19-11-16(20)21-2)13-6-4-3-5-7-13/h3-10,17,19H,11,18H2,1-2H3/p+1/t17-/m1/s1. The second kappa shape index (κ2) is 6.90. The van der Waals surface area contributed by atoms with Crippen LogP contribution in [0.25, 0.3) is 0 Å². The van der Waals surface area contributed by atoms with Crippen LogP contribution in [0.1, 0.15) is 22.7 Å². The summed E-state index contributed by atoms with van der Waals surface area (Å²) < 4.78 is 4.72. The van der Waals surface area contributed by atoms with Crippen LogP contribution < -0.4 is 11.1 Å². The Morgan fingerprint density at radius 3 is 2.62 bits per heavy atom. The molecule has 2 aromatic rings. The number of carbonyl (C=O) groups excluding carboxylic acids is 1. The van der Waals surface area contributed by atoms with E-state index in [1.165, 1.54) is 7.11 Å². The third-order valence-electron chi connectivity index (χ3n) is 3.48. The van der Waals surface area contributed by atoms with Crippen molar-refractivity contribution in [1.29, 1.82) is 0 Å². The smallest absolute Gasteiger partial charge is 0.361 e. The molecule has 0 saturated heterocycles. The molecule has 0 aromatic heterocycles. The summed E-state index contributed by atoms with van der Waals surface area (Å²) in [6.45, 7) is 2.29. The molecule has 0 aliphatic carbocycles. The molecule has 0 fully saturated rings. The molecule has 0 radical (unpaired) electrons. The molecule has 0 amide bonds. The number of nitrogens with two attached hydrogens (primary N) is 2. The first-order chi connectivity index (χ1) is 10.1. The lowest BCUT2D eigenvalue weighted by Gasteiger charge is -2.18. The van der Waals surface area contributed by atoms with Gasteiger partial charge in [0.25, 0.3) is 0 Å². The first-order valence-electron chi connectivity index (χ1n) is 6.93. The van der Waals surface area contributed by atoms with Gasteiger partial charge in [-0.2, -0.15) is 0 Å². The van der Waals surface area contributed by atoms with E-state index in [-0.39, 0.29) is 18.6 Å². The quantitative estimate of drug-likeness (QED) is 0.644. The summed E-state index contributed by atoms with van der Waals surface area (Å²) in [7, 11) is 1.40. The average molecular weight is 285 g/mol. The summed E-state index contributed by atoms with van der Waals surface area (Å²) in [6.07, 6.45) is 0. The Kier molecular flexibility index (Phi) is 4.95. The van der Waals surface area contributed by atoms with Crippen molar-refractivity contribution in [2.45, 2.75) is 13.0 Å². The van der Waals surface area contributed by atoms with Crippen LogP contribution in [-0.2, 0) is 9.53 Å². The summed E-state index contributed by atoms with van der Waals surface area (Å²) in [5.41, 5.74) is 10.1. The zero-order valence-electron chi connectivity index (χ0n) is 12.4. The molecule has 0 spiro atoms. The Morgan fingerprint density at radius 2 is 1.95 bits per heavy atom. The number of methoxy groups -OCH3 is 1. The van der Waals surface area contributed by atoms with Crippen LogP contribution in [-0.4, -0.2) is 19.6 Å². The summed E-state index contributed by atoms with van der Waals surface area (Å²) in [6, 6.07) is 16.0. The molecule has 4 heteroatoms. The molecule has 0 aliphatic rings. The lowest BCUT2D eigenvalue weighted by Crippen LogP contribution is -2.87. The number of benzene rings is 2. The minimum Gasteiger partial charge on any atom is -0.465 e. The number of quaternary nitrogens is 1. The van der Waals surface area contributed by atoms with Crippen LogP contribution in [0.5, 0.6) is 0 Å². The van der Waals surface area contributed by atoms with Gasteiger partial charge in [0.1, 0.15) is 6.04 Å². The van der Waals surface area contributed by atoms with Crippen LogP contribution >= 0.6 is 0 Å². The second-order valence-electron chi connectivity index (χ2n) is 5.04. The Bertz CT molecular complexity index is 611. The van der Waals surface area contributed by atoms with Crippen LogP contribution in [0.3, 0.4) is 0 Å². The first kappa shape index (κ1) is 15.1. The predicted octanol–water partition coefficient (Wildman–Crippen LogP) is 1.40. The highest BCUT2D eigenvalue weighted by molar-refractivity contribution is 5.70. The topological polar surface area (TPSA) is 68.9 Å². The minimum absolute atomic E-state index is 0.0230. The highest BCUT2D eigenvalue weighted by Gasteiger charge is 2.21. The summed E-state index contributed by atoms with van der Waals surface area (Å²) in [4.78, 5) is 11.4. The van der Waals surface area contributed by atoms with Crippen LogP contribution in [0.15, 0.2) is 48.5 Å². The van der Waals surface area contributed by atoms with E-state index in [2.05, 4.69) is 6.07 Å². The number of esters is 1. The largest absolute Gasteiger partial charge is 0.465 e. The van der Waals surface area contributed by atoms with Gasteiger partial charge in [-0.1, -0.05) is 42.0 Å². The fraction of sp³-hybridized carbons (Fsp3) is 0.235. The van der Waals surface area contributed by atoms with E-state index in [1.807, 2.05) is 54.7 Å². The molecule has 0 bridgehead atoms. The van der Waals surface area contributed by atoms with Crippen LogP contribution in [0.2, 0.25) is 0 Å². The Labute approximate surface area is 124 Å². The SMILES string of the molecule is COC(=O)C[NH2+][C@H](c1ccccc1)c1cc(C)ccc1N. The number of aryl methyl sites for hydroxylation is 1. The Balaban J connectivity index is 2.35. The third-order valence-corrected chi connectivity index (χ3v) is 3.48. The van der Waals surface area contributed by atoms with E-state index in [1.54, 1.807) is 0 Å². The minimum atomic E-state index is -0.248. The van der Waals surface area contributed by atoms with Gasteiger partial charge in [0.05, 0.1) is 7.11 Å². The van der Waals surface area contributed by atoms with Crippen molar-refractivity contribution in [3.63, 3.8) is 0 Å². The number of ether oxygens (including phenoxy) is 1. The van der Waals surface area contributed by atoms with E-state index in [0.29, 0.717) is 0 Å². The molecule has 0 saturated carbocycles. The van der Waals surface area contributed by atoms with E-state index in [9.17, 15) is 4.79 Å². The first-order valence-corrected chi connectivity index (χ1v) is 6.93. The molecule has 2 rings (SSSR count). The molecule has 0 unspecified atom stereocenters. The molecule has 21 heavy (non-hydrogen) atoms. The summed E-state index contributed by atoms with van der Waals surface area (Å²) >= 11 is 0. The van der Waals surface area contributed by atoms with Crippen molar-refractivity contribution < 1.29 is 14.8 Å². The normalized spacial score (nSPS) is 11.9. The van der Waals surface area contributed by atoms with Crippen molar-refractivity contribution in [2.24, 2.45) is 0 Å². The van der Waals surface area contributed by atoms with Gasteiger partial charge in [-0.3, -0.25) is 0 Å². The maximum atomic E-state index is 11.4. The zero-order chi connectivity index (χ0) is 15.2. The Morgan fingerprint density at radius 1 is 1.24 bits per heavy atom. The third kappa shape index (κ3) is 3.83. The molecule has 4 N–H and O–H groups in total. The molecular weight excluding hydrogens is 264 g/mol. The average Bonchev–Trinajstić information content (AvgIpc) is 2.51. The van der Waals surface area contributed by atoms with Gasteiger partial charge in [-0.15, -0.1) is 0 Å². The van der Waals surface area contributed by atoms with Crippen molar-refractivity contribution >= 4 is 11.7 Å². The maximum absolute atomic E-state index is 11.4. The highest BCUT2D eigenvalue weighted by Crippen LogP contribution is 2.24. The van der Waals surface area contributed by atoms with Gasteiger partial charge in [-0.25, -0.2) is 4.79 Å². The van der Waals surface area contributed by atoms with Gasteiger partial charge in [0.15, 0.2) is 6.54 Å². The molecule has 0 heterocycles. The molecule has 4 nitrogen and oxygen atoms in total. The molecule has 1 atom stereocenters. The lowest BCUT2D eigenvalue weighted by molar-refractivity contribution is -0.677. The zero-order valence-corrected chi connectivity index (χ0v) is 12.4.